The lowest BCUT2D eigenvalue weighted by atomic mass is 10.0. The smallest absolute Gasteiger partial charge is 0.0992 e. The van der Waals surface area contributed by atoms with Crippen molar-refractivity contribution in [1.82, 2.24) is 0 Å². The Morgan fingerprint density at radius 1 is 1.50 bits per heavy atom. The standard InChI is InChI=1S/C15H20N2O/c1-3-8-17(13-5-6-13)15-9-12(10-16)4-7-14(15)11(2)18/h4,7,9,11,13,18H,3,5-6,8H2,1-2H3/t11-/m1/s1. The minimum absolute atomic E-state index is 0.495. The maximum Gasteiger partial charge on any atom is 0.0992 e. The van der Waals surface area contributed by atoms with E-state index >= 15 is 0 Å². The van der Waals surface area contributed by atoms with Gasteiger partial charge < -0.3 is 10.0 Å². The molecule has 3 heteroatoms. The van der Waals surface area contributed by atoms with E-state index in [4.69, 9.17) is 5.26 Å². The molecule has 1 aliphatic rings. The highest BCUT2D eigenvalue weighted by Crippen LogP contribution is 2.36. The van der Waals surface area contributed by atoms with Gasteiger partial charge in [0.1, 0.15) is 0 Å². The Kier molecular flexibility index (Phi) is 3.88. The second-order valence-corrected chi connectivity index (χ2v) is 4.99. The molecule has 1 fully saturated rings. The van der Waals surface area contributed by atoms with E-state index in [9.17, 15) is 5.11 Å². The summed E-state index contributed by atoms with van der Waals surface area (Å²) in [5, 5.41) is 18.9. The normalized spacial score (nSPS) is 16.1. The molecule has 1 atom stereocenters. The molecule has 0 heterocycles. The van der Waals surface area contributed by atoms with E-state index in [2.05, 4.69) is 17.9 Å². The summed E-state index contributed by atoms with van der Waals surface area (Å²) in [5.41, 5.74) is 2.62. The van der Waals surface area contributed by atoms with E-state index in [-0.39, 0.29) is 0 Å². The minimum atomic E-state index is -0.495. The molecule has 0 radical (unpaired) electrons. The summed E-state index contributed by atoms with van der Waals surface area (Å²) in [5.74, 6) is 0. The molecular weight excluding hydrogens is 224 g/mol. The molecule has 96 valence electrons. The highest BCUT2D eigenvalue weighted by atomic mass is 16.3. The molecule has 0 saturated heterocycles. The lowest BCUT2D eigenvalue weighted by Gasteiger charge is -2.27. The fourth-order valence-corrected chi connectivity index (χ4v) is 2.34. The summed E-state index contributed by atoms with van der Waals surface area (Å²) >= 11 is 0. The maximum atomic E-state index is 9.88. The molecule has 0 bridgehead atoms. The van der Waals surface area contributed by atoms with E-state index in [1.165, 1.54) is 12.8 Å². The Labute approximate surface area is 109 Å². The van der Waals surface area contributed by atoms with Crippen molar-refractivity contribution >= 4 is 5.69 Å². The molecule has 0 amide bonds. The fraction of sp³-hybridized carbons (Fsp3) is 0.533. The minimum Gasteiger partial charge on any atom is -0.389 e. The van der Waals surface area contributed by atoms with E-state index in [1.54, 1.807) is 13.0 Å². The van der Waals surface area contributed by atoms with Crippen LogP contribution in [0.3, 0.4) is 0 Å². The van der Waals surface area contributed by atoms with Crippen molar-refractivity contribution < 1.29 is 5.11 Å². The van der Waals surface area contributed by atoms with Crippen LogP contribution < -0.4 is 4.90 Å². The number of aliphatic hydroxyl groups is 1. The van der Waals surface area contributed by atoms with Gasteiger partial charge in [-0.05, 0) is 38.3 Å². The number of hydrogen-bond acceptors (Lipinski definition) is 3. The van der Waals surface area contributed by atoms with Crippen LogP contribution in [0.25, 0.3) is 0 Å². The quantitative estimate of drug-likeness (QED) is 0.866. The fourth-order valence-electron chi connectivity index (χ4n) is 2.34. The van der Waals surface area contributed by atoms with Crippen LogP contribution >= 0.6 is 0 Å². The van der Waals surface area contributed by atoms with Crippen molar-refractivity contribution in [1.29, 1.82) is 5.26 Å². The summed E-state index contributed by atoms with van der Waals surface area (Å²) in [7, 11) is 0. The van der Waals surface area contributed by atoms with Crippen molar-refractivity contribution in [3.63, 3.8) is 0 Å². The van der Waals surface area contributed by atoms with E-state index in [0.29, 0.717) is 11.6 Å². The van der Waals surface area contributed by atoms with Gasteiger partial charge in [0.25, 0.3) is 0 Å². The first kappa shape index (κ1) is 12.9. The largest absolute Gasteiger partial charge is 0.389 e. The number of hydrogen-bond donors (Lipinski definition) is 1. The van der Waals surface area contributed by atoms with Crippen LogP contribution in [-0.2, 0) is 0 Å². The Morgan fingerprint density at radius 2 is 2.22 bits per heavy atom. The van der Waals surface area contributed by atoms with Gasteiger partial charge >= 0.3 is 0 Å². The summed E-state index contributed by atoms with van der Waals surface area (Å²) in [6.45, 7) is 4.92. The third-order valence-electron chi connectivity index (χ3n) is 3.37. The third-order valence-corrected chi connectivity index (χ3v) is 3.37. The molecule has 2 rings (SSSR count). The number of benzene rings is 1. The first-order valence-electron chi connectivity index (χ1n) is 6.66. The predicted octanol–water partition coefficient (Wildman–Crippen LogP) is 2.99. The van der Waals surface area contributed by atoms with Crippen LogP contribution in [0.1, 0.15) is 50.3 Å². The maximum absolute atomic E-state index is 9.88. The second-order valence-electron chi connectivity index (χ2n) is 4.99. The van der Waals surface area contributed by atoms with Crippen molar-refractivity contribution in [2.24, 2.45) is 0 Å². The second kappa shape index (κ2) is 5.41. The van der Waals surface area contributed by atoms with Crippen molar-refractivity contribution in [2.75, 3.05) is 11.4 Å². The number of anilines is 1. The van der Waals surface area contributed by atoms with Gasteiger partial charge in [-0.15, -0.1) is 0 Å². The van der Waals surface area contributed by atoms with Crippen LogP contribution in [0.15, 0.2) is 18.2 Å². The highest BCUT2D eigenvalue weighted by molar-refractivity contribution is 5.59. The first-order chi connectivity index (χ1) is 8.67. The predicted molar refractivity (Wildman–Crippen MR) is 72.4 cm³/mol. The van der Waals surface area contributed by atoms with E-state index in [1.807, 2.05) is 12.1 Å². The van der Waals surface area contributed by atoms with E-state index in [0.717, 1.165) is 24.2 Å². The number of aliphatic hydroxyl groups excluding tert-OH is 1. The molecule has 3 nitrogen and oxygen atoms in total. The molecule has 1 aromatic carbocycles. The van der Waals surface area contributed by atoms with Crippen LogP contribution in [0.2, 0.25) is 0 Å². The van der Waals surface area contributed by atoms with Gasteiger partial charge in [0.15, 0.2) is 0 Å². The van der Waals surface area contributed by atoms with E-state index < -0.39 is 6.10 Å². The van der Waals surface area contributed by atoms with Crippen molar-refractivity contribution in [2.45, 2.75) is 45.3 Å². The summed E-state index contributed by atoms with van der Waals surface area (Å²) in [6.07, 6.45) is 3.02. The highest BCUT2D eigenvalue weighted by Gasteiger charge is 2.30. The van der Waals surface area contributed by atoms with Crippen LogP contribution in [0.5, 0.6) is 0 Å². The molecule has 0 aliphatic heterocycles. The van der Waals surface area contributed by atoms with Crippen LogP contribution in [0, 0.1) is 11.3 Å². The monoisotopic (exact) mass is 244 g/mol. The molecule has 0 aromatic heterocycles. The van der Waals surface area contributed by atoms with Crippen LogP contribution in [-0.4, -0.2) is 17.7 Å². The molecule has 0 spiro atoms. The summed E-state index contributed by atoms with van der Waals surface area (Å²) in [4.78, 5) is 2.35. The molecule has 18 heavy (non-hydrogen) atoms. The van der Waals surface area contributed by atoms with Crippen molar-refractivity contribution in [3.8, 4) is 6.07 Å². The van der Waals surface area contributed by atoms with Gasteiger partial charge in [-0.3, -0.25) is 0 Å². The van der Waals surface area contributed by atoms with Gasteiger partial charge in [-0.2, -0.15) is 5.26 Å². The van der Waals surface area contributed by atoms with Crippen molar-refractivity contribution in [3.05, 3.63) is 29.3 Å². The molecule has 0 unspecified atom stereocenters. The average Bonchev–Trinajstić information content (AvgIpc) is 3.19. The SMILES string of the molecule is CCCN(c1cc(C#N)ccc1[C@@H](C)O)C1CC1. The summed E-state index contributed by atoms with van der Waals surface area (Å²) < 4.78 is 0. The van der Waals surface area contributed by atoms with Crippen LogP contribution in [0.4, 0.5) is 5.69 Å². The first-order valence-corrected chi connectivity index (χ1v) is 6.66. The third kappa shape index (κ3) is 2.65. The van der Waals surface area contributed by atoms with Gasteiger partial charge in [-0.25, -0.2) is 0 Å². The topological polar surface area (TPSA) is 47.3 Å². The lowest BCUT2D eigenvalue weighted by Crippen LogP contribution is -2.27. The van der Waals surface area contributed by atoms with Gasteiger partial charge in [-0.1, -0.05) is 13.0 Å². The number of rotatable bonds is 5. The van der Waals surface area contributed by atoms with Gasteiger partial charge in [0.05, 0.1) is 17.7 Å². The zero-order valence-corrected chi connectivity index (χ0v) is 11.1. The Morgan fingerprint density at radius 3 is 2.72 bits per heavy atom. The zero-order chi connectivity index (χ0) is 13.1. The Bertz CT molecular complexity index is 458. The average molecular weight is 244 g/mol. The zero-order valence-electron chi connectivity index (χ0n) is 11.1. The number of nitriles is 1. The molecule has 1 aliphatic carbocycles. The Balaban J connectivity index is 2.41. The van der Waals surface area contributed by atoms with Gasteiger partial charge in [0.2, 0.25) is 0 Å². The summed E-state index contributed by atoms with van der Waals surface area (Å²) in [6, 6.07) is 8.35. The Hall–Kier alpha value is -1.53. The molecule has 1 saturated carbocycles. The number of nitrogens with zero attached hydrogens (tertiary/aromatic N) is 2. The molecular formula is C15H20N2O. The molecule has 1 N–H and O–H groups in total. The lowest BCUT2D eigenvalue weighted by molar-refractivity contribution is 0.199. The molecule has 1 aromatic rings. The van der Waals surface area contributed by atoms with Gasteiger partial charge in [0, 0.05) is 23.8 Å².